The van der Waals surface area contributed by atoms with E-state index in [4.69, 9.17) is 23.4 Å². The van der Waals surface area contributed by atoms with E-state index in [-0.39, 0.29) is 17.6 Å². The van der Waals surface area contributed by atoms with E-state index in [1.54, 1.807) is 13.0 Å². The maximum atomic E-state index is 13.4. The standard InChI is InChI=1S/C27H34O12/c1-26-9-16(12-4-5-36-11-12)37-24(34)14(26)8-19(39-25-22(32)21(31)20(30)17(10-28)38-25)27(2)15(23(33)35-3)6-13(29)7-18(26)27/h4-6,8,11,13,16-22,25,28-32H,7,9-10H2,1-3H3/t13?,16?,17?,18?,19?,20?,21?,22?,25?,26-,27+/m1/s1. The van der Waals surface area contributed by atoms with E-state index in [0.29, 0.717) is 12.0 Å². The molecule has 1 aromatic heterocycles. The van der Waals surface area contributed by atoms with Crippen LogP contribution in [-0.4, -0.2) is 94.1 Å². The van der Waals surface area contributed by atoms with Gasteiger partial charge in [-0.25, -0.2) is 9.59 Å². The van der Waals surface area contributed by atoms with E-state index in [0.717, 1.165) is 0 Å². The Bertz CT molecular complexity index is 1160. The van der Waals surface area contributed by atoms with Crippen molar-refractivity contribution in [3.63, 3.8) is 0 Å². The molecule has 5 rings (SSSR count). The fourth-order valence-corrected chi connectivity index (χ4v) is 6.81. The molecule has 12 nitrogen and oxygen atoms in total. The normalized spacial score (nSPS) is 43.9. The molecule has 5 N–H and O–H groups in total. The van der Waals surface area contributed by atoms with Crippen LogP contribution in [0.25, 0.3) is 0 Å². The second kappa shape index (κ2) is 10.1. The van der Waals surface area contributed by atoms with Crippen LogP contribution >= 0.6 is 0 Å². The minimum absolute atomic E-state index is 0.124. The summed E-state index contributed by atoms with van der Waals surface area (Å²) in [5, 5.41) is 51.6. The highest BCUT2D eigenvalue weighted by Gasteiger charge is 2.64. The predicted molar refractivity (Wildman–Crippen MR) is 129 cm³/mol. The first-order chi connectivity index (χ1) is 18.4. The Balaban J connectivity index is 1.61. The number of hydrogen-bond donors (Lipinski definition) is 5. The van der Waals surface area contributed by atoms with Gasteiger partial charge in [-0.1, -0.05) is 13.8 Å². The Morgan fingerprint density at radius 3 is 2.51 bits per heavy atom. The summed E-state index contributed by atoms with van der Waals surface area (Å²) in [7, 11) is 1.22. The van der Waals surface area contributed by atoms with Crippen LogP contribution in [-0.2, 0) is 28.5 Å². The molecule has 11 atom stereocenters. The molecule has 0 saturated carbocycles. The Morgan fingerprint density at radius 1 is 1.13 bits per heavy atom. The molecule has 2 saturated heterocycles. The van der Waals surface area contributed by atoms with Crippen LogP contribution in [0.1, 0.15) is 38.4 Å². The molecular formula is C27H34O12. The number of cyclic esters (lactones) is 1. The zero-order chi connectivity index (χ0) is 28.3. The number of carbonyl (C=O) groups excluding carboxylic acids is 2. The molecule has 1 aromatic rings. The second-order valence-corrected chi connectivity index (χ2v) is 11.1. The molecule has 2 fully saturated rings. The topological polar surface area (TPSA) is 185 Å². The summed E-state index contributed by atoms with van der Waals surface area (Å²) in [6.07, 6.45) is -4.09. The van der Waals surface area contributed by atoms with E-state index < -0.39 is 84.3 Å². The van der Waals surface area contributed by atoms with E-state index in [9.17, 15) is 35.1 Å². The highest BCUT2D eigenvalue weighted by molar-refractivity contribution is 5.94. The van der Waals surface area contributed by atoms with Gasteiger partial charge in [0.15, 0.2) is 6.29 Å². The predicted octanol–water partition coefficient (Wildman–Crippen LogP) is -0.114. The van der Waals surface area contributed by atoms with Crippen LogP contribution in [0.2, 0.25) is 0 Å². The first-order valence-corrected chi connectivity index (χ1v) is 12.9. The van der Waals surface area contributed by atoms with Crippen molar-refractivity contribution in [2.45, 2.75) is 75.7 Å². The van der Waals surface area contributed by atoms with Crippen LogP contribution in [0.15, 0.2) is 46.3 Å². The molecule has 4 aliphatic rings. The lowest BCUT2D eigenvalue weighted by Gasteiger charge is -2.59. The lowest BCUT2D eigenvalue weighted by Crippen LogP contribution is -2.63. The zero-order valence-corrected chi connectivity index (χ0v) is 21.8. The maximum absolute atomic E-state index is 13.4. The average molecular weight is 551 g/mol. The van der Waals surface area contributed by atoms with Crippen molar-refractivity contribution in [1.82, 2.24) is 0 Å². The number of furan rings is 1. The molecular weight excluding hydrogens is 516 g/mol. The zero-order valence-electron chi connectivity index (χ0n) is 21.8. The molecule has 214 valence electrons. The van der Waals surface area contributed by atoms with Crippen LogP contribution < -0.4 is 0 Å². The molecule has 0 bridgehead atoms. The summed E-state index contributed by atoms with van der Waals surface area (Å²) < 4.78 is 27.8. The molecule has 0 aromatic carbocycles. The van der Waals surface area contributed by atoms with E-state index in [1.807, 2.05) is 6.92 Å². The number of aliphatic hydroxyl groups is 5. The van der Waals surface area contributed by atoms with Gasteiger partial charge in [0.2, 0.25) is 0 Å². The second-order valence-electron chi connectivity index (χ2n) is 11.1. The lowest BCUT2D eigenvalue weighted by molar-refractivity contribution is -0.317. The third-order valence-corrected chi connectivity index (χ3v) is 8.96. The first-order valence-electron chi connectivity index (χ1n) is 12.9. The lowest BCUT2D eigenvalue weighted by atomic mass is 9.47. The Hall–Kier alpha value is -2.58. The summed E-state index contributed by atoms with van der Waals surface area (Å²) in [5.41, 5.74) is -1.03. The molecule has 0 radical (unpaired) electrons. The Labute approximate surface area is 224 Å². The van der Waals surface area contributed by atoms with Gasteiger partial charge in [-0.3, -0.25) is 0 Å². The van der Waals surface area contributed by atoms with Crippen molar-refractivity contribution in [1.29, 1.82) is 0 Å². The number of hydrogen-bond acceptors (Lipinski definition) is 12. The van der Waals surface area contributed by atoms with Gasteiger partial charge < -0.3 is 48.9 Å². The number of rotatable bonds is 5. The van der Waals surface area contributed by atoms with Crippen molar-refractivity contribution in [3.8, 4) is 0 Å². The SMILES string of the molecule is COC(=O)C1=CC(O)CC2[C@@]1(C)C(OC1OC(CO)C(O)C(O)C1O)C=C1C(=O)OC(c3ccoc3)C[C@]12C. The Kier molecular flexibility index (Phi) is 7.25. The minimum Gasteiger partial charge on any atom is -0.472 e. The van der Waals surface area contributed by atoms with E-state index in [1.165, 1.54) is 31.8 Å². The number of ether oxygens (including phenoxy) is 4. The molecule has 3 heterocycles. The monoisotopic (exact) mass is 550 g/mol. The number of esters is 2. The highest BCUT2D eigenvalue weighted by Crippen LogP contribution is 2.63. The van der Waals surface area contributed by atoms with E-state index in [2.05, 4.69) is 0 Å². The summed E-state index contributed by atoms with van der Waals surface area (Å²) in [6, 6.07) is 1.71. The van der Waals surface area contributed by atoms with Gasteiger partial charge in [0, 0.05) is 27.5 Å². The van der Waals surface area contributed by atoms with E-state index >= 15 is 0 Å². The summed E-state index contributed by atoms with van der Waals surface area (Å²) in [5.74, 6) is -1.87. The summed E-state index contributed by atoms with van der Waals surface area (Å²) in [4.78, 5) is 26.5. The van der Waals surface area contributed by atoms with Gasteiger partial charge >= 0.3 is 11.9 Å². The van der Waals surface area contributed by atoms with Crippen molar-refractivity contribution >= 4 is 11.9 Å². The number of aliphatic hydroxyl groups excluding tert-OH is 5. The van der Waals surface area contributed by atoms with Gasteiger partial charge in [-0.05, 0) is 37.0 Å². The molecule has 0 spiro atoms. The van der Waals surface area contributed by atoms with Crippen molar-refractivity contribution in [2.75, 3.05) is 13.7 Å². The molecule has 2 aliphatic heterocycles. The van der Waals surface area contributed by atoms with Crippen molar-refractivity contribution in [3.05, 3.63) is 47.5 Å². The average Bonchev–Trinajstić information content (AvgIpc) is 3.45. The summed E-state index contributed by atoms with van der Waals surface area (Å²) >= 11 is 0. The third kappa shape index (κ3) is 4.34. The largest absolute Gasteiger partial charge is 0.472 e. The van der Waals surface area contributed by atoms with Gasteiger partial charge in [0.05, 0.1) is 38.5 Å². The number of methoxy groups -OCH3 is 1. The molecule has 9 unspecified atom stereocenters. The fraction of sp³-hybridized carbons (Fsp3) is 0.630. The molecule has 0 amide bonds. The van der Waals surface area contributed by atoms with Crippen molar-refractivity contribution in [2.24, 2.45) is 16.7 Å². The van der Waals surface area contributed by atoms with Crippen LogP contribution in [0.5, 0.6) is 0 Å². The summed E-state index contributed by atoms with van der Waals surface area (Å²) in [6.45, 7) is 2.98. The van der Waals surface area contributed by atoms with Gasteiger partial charge in [-0.2, -0.15) is 0 Å². The van der Waals surface area contributed by atoms with Crippen LogP contribution in [0, 0.1) is 16.7 Å². The third-order valence-electron chi connectivity index (χ3n) is 8.96. The highest BCUT2D eigenvalue weighted by atomic mass is 16.7. The van der Waals surface area contributed by atoms with Gasteiger partial charge in [-0.15, -0.1) is 0 Å². The minimum atomic E-state index is -1.71. The van der Waals surface area contributed by atoms with Crippen molar-refractivity contribution < 1.29 is 58.5 Å². The number of fused-ring (bicyclic) bond motifs is 3. The Morgan fingerprint density at radius 2 is 1.87 bits per heavy atom. The smallest absolute Gasteiger partial charge is 0.334 e. The molecule has 39 heavy (non-hydrogen) atoms. The first kappa shape index (κ1) is 28.0. The van der Waals surface area contributed by atoms with Crippen LogP contribution in [0.3, 0.4) is 0 Å². The quantitative estimate of drug-likeness (QED) is 0.307. The maximum Gasteiger partial charge on any atom is 0.334 e. The molecule has 12 heteroatoms. The number of carbonyl (C=O) groups is 2. The fourth-order valence-electron chi connectivity index (χ4n) is 6.81. The van der Waals surface area contributed by atoms with Crippen LogP contribution in [0.4, 0.5) is 0 Å². The van der Waals surface area contributed by atoms with Gasteiger partial charge in [0.1, 0.15) is 30.5 Å². The van der Waals surface area contributed by atoms with Gasteiger partial charge in [0.25, 0.3) is 0 Å². The molecule has 2 aliphatic carbocycles.